The summed E-state index contributed by atoms with van der Waals surface area (Å²) in [6.45, 7) is 5.12. The van der Waals surface area contributed by atoms with Crippen molar-refractivity contribution in [1.29, 1.82) is 5.26 Å². The molecule has 0 radical (unpaired) electrons. The molecule has 96 valence electrons. The van der Waals surface area contributed by atoms with Crippen LogP contribution in [0.4, 0.5) is 14.9 Å². The summed E-state index contributed by atoms with van der Waals surface area (Å²) in [7, 11) is 0. The van der Waals surface area contributed by atoms with Crippen molar-refractivity contribution in [3.8, 4) is 6.07 Å². The van der Waals surface area contributed by atoms with E-state index < -0.39 is 17.5 Å². The van der Waals surface area contributed by atoms with E-state index in [-0.39, 0.29) is 16.3 Å². The van der Waals surface area contributed by atoms with Crippen LogP contribution in [0.1, 0.15) is 26.3 Å². The van der Waals surface area contributed by atoms with Crippen LogP contribution in [0, 0.1) is 17.1 Å². The van der Waals surface area contributed by atoms with Crippen LogP contribution in [-0.2, 0) is 4.74 Å². The lowest BCUT2D eigenvalue weighted by atomic mass is 10.2. The third kappa shape index (κ3) is 3.90. The molecule has 1 aromatic rings. The Kier molecular flexibility index (Phi) is 4.15. The molecule has 6 heteroatoms. The largest absolute Gasteiger partial charge is 0.444 e. The lowest BCUT2D eigenvalue weighted by Crippen LogP contribution is -2.27. The molecule has 0 atom stereocenters. The molecule has 0 heterocycles. The van der Waals surface area contributed by atoms with E-state index in [9.17, 15) is 9.18 Å². The van der Waals surface area contributed by atoms with Crippen LogP contribution in [0.2, 0.25) is 5.02 Å². The molecule has 0 unspecified atom stereocenters. The molecule has 0 bridgehead atoms. The lowest BCUT2D eigenvalue weighted by Gasteiger charge is -2.19. The number of anilines is 1. The second-order valence-electron chi connectivity index (χ2n) is 4.55. The number of nitrogens with zero attached hydrogens (tertiary/aromatic N) is 1. The molecule has 1 aromatic carbocycles. The molecule has 0 aliphatic heterocycles. The van der Waals surface area contributed by atoms with Crippen molar-refractivity contribution in [1.82, 2.24) is 0 Å². The molecule has 0 aliphatic carbocycles. The molecule has 1 amide bonds. The van der Waals surface area contributed by atoms with Crippen LogP contribution in [-0.4, -0.2) is 11.7 Å². The van der Waals surface area contributed by atoms with E-state index >= 15 is 0 Å². The maximum atomic E-state index is 13.4. The molecule has 1 rings (SSSR count). The number of benzene rings is 1. The molecule has 0 fully saturated rings. The smallest absolute Gasteiger partial charge is 0.412 e. The first kappa shape index (κ1) is 14.3. The van der Waals surface area contributed by atoms with Crippen molar-refractivity contribution >= 4 is 23.4 Å². The number of carbonyl (C=O) groups is 1. The Morgan fingerprint density at radius 2 is 2.11 bits per heavy atom. The molecule has 0 spiro atoms. The number of nitriles is 1. The van der Waals surface area contributed by atoms with E-state index in [2.05, 4.69) is 5.32 Å². The number of halogens is 2. The second kappa shape index (κ2) is 5.23. The van der Waals surface area contributed by atoms with Crippen LogP contribution in [0.25, 0.3) is 0 Å². The van der Waals surface area contributed by atoms with Crippen molar-refractivity contribution in [3.63, 3.8) is 0 Å². The number of ether oxygens (including phenoxy) is 1. The topological polar surface area (TPSA) is 62.1 Å². The minimum Gasteiger partial charge on any atom is -0.444 e. The van der Waals surface area contributed by atoms with Crippen molar-refractivity contribution in [2.24, 2.45) is 0 Å². The average Bonchev–Trinajstić information content (AvgIpc) is 2.13. The van der Waals surface area contributed by atoms with Gasteiger partial charge in [0.1, 0.15) is 23.1 Å². The van der Waals surface area contributed by atoms with Gasteiger partial charge in [0.15, 0.2) is 0 Å². The van der Waals surface area contributed by atoms with E-state index in [1.165, 1.54) is 6.07 Å². The van der Waals surface area contributed by atoms with Gasteiger partial charge in [-0.1, -0.05) is 11.6 Å². The summed E-state index contributed by atoms with van der Waals surface area (Å²) in [4.78, 5) is 11.4. The summed E-state index contributed by atoms with van der Waals surface area (Å²) < 4.78 is 18.4. The van der Waals surface area contributed by atoms with E-state index in [0.29, 0.717) is 0 Å². The van der Waals surface area contributed by atoms with Crippen LogP contribution in [0.5, 0.6) is 0 Å². The first-order valence-corrected chi connectivity index (χ1v) is 5.50. The highest BCUT2D eigenvalue weighted by molar-refractivity contribution is 6.32. The van der Waals surface area contributed by atoms with Crippen molar-refractivity contribution in [2.75, 3.05) is 5.32 Å². The molecular weight excluding hydrogens is 259 g/mol. The third-order valence-corrected chi connectivity index (χ3v) is 2.10. The lowest BCUT2D eigenvalue weighted by molar-refractivity contribution is 0.0636. The van der Waals surface area contributed by atoms with Crippen LogP contribution in [0.3, 0.4) is 0 Å². The van der Waals surface area contributed by atoms with Gasteiger partial charge in [-0.2, -0.15) is 5.26 Å². The standard InChI is InChI=1S/C12H12ClFN2O2/c1-12(2,3)18-11(17)16-7-4-9(13)8(6-15)10(14)5-7/h4-5H,1-3H3,(H,16,17). The van der Waals surface area contributed by atoms with Gasteiger partial charge in [0, 0.05) is 5.69 Å². The minimum atomic E-state index is -0.795. The Morgan fingerprint density at radius 1 is 1.50 bits per heavy atom. The fraction of sp³-hybridized carbons (Fsp3) is 0.333. The predicted octanol–water partition coefficient (Wildman–Crippen LogP) is 3.70. The predicted molar refractivity (Wildman–Crippen MR) is 66.0 cm³/mol. The number of hydrogen-bond donors (Lipinski definition) is 1. The van der Waals surface area contributed by atoms with Gasteiger partial charge >= 0.3 is 6.09 Å². The second-order valence-corrected chi connectivity index (χ2v) is 4.96. The zero-order chi connectivity index (χ0) is 13.9. The summed E-state index contributed by atoms with van der Waals surface area (Å²) in [6, 6.07) is 3.92. The zero-order valence-corrected chi connectivity index (χ0v) is 10.9. The molecule has 1 N–H and O–H groups in total. The van der Waals surface area contributed by atoms with Crippen LogP contribution in [0.15, 0.2) is 12.1 Å². The van der Waals surface area contributed by atoms with Gasteiger partial charge in [-0.15, -0.1) is 0 Å². The normalized spacial score (nSPS) is 10.7. The van der Waals surface area contributed by atoms with Crippen LogP contribution < -0.4 is 5.32 Å². The molecule has 0 saturated heterocycles. The maximum Gasteiger partial charge on any atom is 0.412 e. The maximum absolute atomic E-state index is 13.4. The average molecular weight is 271 g/mol. The Hall–Kier alpha value is -1.80. The van der Waals surface area contributed by atoms with Gasteiger partial charge in [-0.25, -0.2) is 9.18 Å². The van der Waals surface area contributed by atoms with E-state index in [0.717, 1.165) is 6.07 Å². The van der Waals surface area contributed by atoms with Gasteiger partial charge in [0.05, 0.1) is 5.02 Å². The Balaban J connectivity index is 2.88. The summed E-state index contributed by atoms with van der Waals surface area (Å²) in [5, 5.41) is 10.9. The van der Waals surface area contributed by atoms with Gasteiger partial charge in [-0.3, -0.25) is 5.32 Å². The van der Waals surface area contributed by atoms with Crippen molar-refractivity contribution < 1.29 is 13.9 Å². The third-order valence-electron chi connectivity index (χ3n) is 1.80. The van der Waals surface area contributed by atoms with E-state index in [1.807, 2.05) is 0 Å². The quantitative estimate of drug-likeness (QED) is 0.846. The summed E-state index contributed by atoms with van der Waals surface area (Å²) in [5.41, 5.74) is -0.781. The van der Waals surface area contributed by atoms with E-state index in [4.69, 9.17) is 21.6 Å². The molecule has 18 heavy (non-hydrogen) atoms. The highest BCUT2D eigenvalue weighted by Crippen LogP contribution is 2.24. The fourth-order valence-electron chi connectivity index (χ4n) is 1.17. The molecule has 0 aliphatic rings. The Bertz CT molecular complexity index is 495. The summed E-state index contributed by atoms with van der Waals surface area (Å²) >= 11 is 5.70. The SMILES string of the molecule is CC(C)(C)OC(=O)Nc1cc(F)c(C#N)c(Cl)c1. The van der Waals surface area contributed by atoms with Gasteiger partial charge < -0.3 is 4.74 Å². The molecule has 0 aromatic heterocycles. The monoisotopic (exact) mass is 270 g/mol. The summed E-state index contributed by atoms with van der Waals surface area (Å²) in [5.74, 6) is -0.795. The number of hydrogen-bond acceptors (Lipinski definition) is 3. The number of carbonyl (C=O) groups excluding carboxylic acids is 1. The Morgan fingerprint density at radius 3 is 2.56 bits per heavy atom. The molecule has 4 nitrogen and oxygen atoms in total. The zero-order valence-electron chi connectivity index (χ0n) is 10.2. The number of rotatable bonds is 1. The van der Waals surface area contributed by atoms with E-state index in [1.54, 1.807) is 26.8 Å². The Labute approximate surface area is 109 Å². The first-order chi connectivity index (χ1) is 8.23. The fourth-order valence-corrected chi connectivity index (χ4v) is 1.42. The number of amides is 1. The number of nitrogens with one attached hydrogen (secondary N) is 1. The van der Waals surface area contributed by atoms with Gasteiger partial charge in [0.2, 0.25) is 0 Å². The van der Waals surface area contributed by atoms with Gasteiger partial charge in [0.25, 0.3) is 0 Å². The van der Waals surface area contributed by atoms with Gasteiger partial charge in [-0.05, 0) is 32.9 Å². The van der Waals surface area contributed by atoms with Crippen molar-refractivity contribution in [3.05, 3.63) is 28.5 Å². The van der Waals surface area contributed by atoms with Crippen LogP contribution >= 0.6 is 11.6 Å². The molecule has 0 saturated carbocycles. The molecular formula is C12H12ClFN2O2. The first-order valence-electron chi connectivity index (χ1n) is 5.12. The van der Waals surface area contributed by atoms with Crippen molar-refractivity contribution in [2.45, 2.75) is 26.4 Å². The summed E-state index contributed by atoms with van der Waals surface area (Å²) in [6.07, 6.45) is -0.720. The highest BCUT2D eigenvalue weighted by atomic mass is 35.5. The minimum absolute atomic E-state index is 0.0661. The highest BCUT2D eigenvalue weighted by Gasteiger charge is 2.17.